The van der Waals surface area contributed by atoms with Crippen LogP contribution in [0.25, 0.3) is 0 Å². The van der Waals surface area contributed by atoms with E-state index in [1.165, 1.54) is 28.5 Å². The Hall–Kier alpha value is -3.31. The third-order valence-electron chi connectivity index (χ3n) is 7.48. The maximum atomic E-state index is 14.2. The number of anilines is 3. The molecule has 10 heteroatoms. The lowest BCUT2D eigenvalue weighted by molar-refractivity contribution is 0.174. The fraction of sp³-hybridized carbons (Fsp3) is 0.375. The molecular weight excluding hydrogens is 567 g/mol. The van der Waals surface area contributed by atoms with Crippen LogP contribution in [0, 0.1) is 0 Å². The van der Waals surface area contributed by atoms with Crippen molar-refractivity contribution in [2.45, 2.75) is 62.9 Å². The molecule has 1 aliphatic heterocycles. The third-order valence-corrected chi connectivity index (χ3v) is 10.4. The molecule has 1 unspecified atom stereocenters. The smallest absolute Gasteiger partial charge is 0.270 e. The van der Waals surface area contributed by atoms with Crippen molar-refractivity contribution < 1.29 is 13.5 Å². The molecule has 3 heterocycles. The van der Waals surface area contributed by atoms with E-state index in [1.54, 1.807) is 24.5 Å². The summed E-state index contributed by atoms with van der Waals surface area (Å²) in [6.07, 6.45) is 11.6. The molecule has 0 saturated carbocycles. The highest BCUT2D eigenvalue weighted by molar-refractivity contribution is 7.93. The summed E-state index contributed by atoms with van der Waals surface area (Å²) in [7, 11) is -3.91. The minimum atomic E-state index is -3.91. The second kappa shape index (κ2) is 14.2. The number of hydrogen-bond acceptors (Lipinski definition) is 8. The van der Waals surface area contributed by atoms with Gasteiger partial charge in [0.15, 0.2) is 0 Å². The molecule has 3 N–H and O–H groups in total. The standard InChI is InChI=1S/C32H39N5O3S2/c1-2-3-4-5-8-28-22-36-32(41-28)37(42(39,40)29-13-14-30-25(20-29)16-19-35-30)27-11-9-24(10-12-27)15-18-34-23-31(38)26-7-6-17-33-21-26/h6-7,9-14,17,20-22,31,34-35,38H,2-5,8,15-16,18-19,23H2,1H3. The van der Waals surface area contributed by atoms with Crippen LogP contribution < -0.4 is 14.9 Å². The van der Waals surface area contributed by atoms with Crippen molar-refractivity contribution in [3.05, 3.63) is 94.8 Å². The quantitative estimate of drug-likeness (QED) is 0.142. The summed E-state index contributed by atoms with van der Waals surface area (Å²) < 4.78 is 29.7. The highest BCUT2D eigenvalue weighted by atomic mass is 32.2. The highest BCUT2D eigenvalue weighted by Crippen LogP contribution is 2.37. The topological polar surface area (TPSA) is 107 Å². The first-order chi connectivity index (χ1) is 20.5. The van der Waals surface area contributed by atoms with Crippen molar-refractivity contribution in [1.82, 2.24) is 15.3 Å². The van der Waals surface area contributed by atoms with E-state index in [0.29, 0.717) is 23.9 Å². The first kappa shape index (κ1) is 30.2. The Kier molecular flexibility index (Phi) is 10.2. The fourth-order valence-electron chi connectivity index (χ4n) is 5.09. The number of nitrogens with zero attached hydrogens (tertiary/aromatic N) is 3. The van der Waals surface area contributed by atoms with E-state index >= 15 is 0 Å². The highest BCUT2D eigenvalue weighted by Gasteiger charge is 2.30. The Morgan fingerprint density at radius 1 is 1.07 bits per heavy atom. The lowest BCUT2D eigenvalue weighted by atomic mass is 10.1. The minimum absolute atomic E-state index is 0.269. The molecule has 2 aromatic heterocycles. The number of sulfonamides is 1. The van der Waals surface area contributed by atoms with Gasteiger partial charge in [0.25, 0.3) is 10.0 Å². The van der Waals surface area contributed by atoms with Crippen LogP contribution in [0.2, 0.25) is 0 Å². The molecule has 0 saturated heterocycles. The number of rotatable bonds is 15. The zero-order valence-corrected chi connectivity index (χ0v) is 25.6. The Bertz CT molecular complexity index is 1540. The van der Waals surface area contributed by atoms with Crippen LogP contribution in [-0.2, 0) is 29.3 Å². The molecule has 0 aliphatic carbocycles. The van der Waals surface area contributed by atoms with E-state index in [-0.39, 0.29) is 4.90 Å². The molecule has 222 valence electrons. The number of nitrogens with one attached hydrogen (secondary N) is 2. The van der Waals surface area contributed by atoms with Gasteiger partial charge in [-0.15, -0.1) is 11.3 Å². The minimum Gasteiger partial charge on any atom is -0.387 e. The van der Waals surface area contributed by atoms with Crippen LogP contribution in [0.5, 0.6) is 0 Å². The summed E-state index contributed by atoms with van der Waals surface area (Å²) in [5.74, 6) is 0. The molecular formula is C32H39N5O3S2. The Labute approximate surface area is 252 Å². The van der Waals surface area contributed by atoms with E-state index in [2.05, 4.69) is 27.5 Å². The van der Waals surface area contributed by atoms with Crippen molar-refractivity contribution in [1.29, 1.82) is 0 Å². The SMILES string of the molecule is CCCCCCc1cnc(N(c2ccc(CCNCC(O)c3cccnc3)cc2)S(=O)(=O)c2ccc3c(c2)CCN3)s1. The first-order valence-electron chi connectivity index (χ1n) is 14.7. The van der Waals surface area contributed by atoms with Crippen LogP contribution in [0.15, 0.2) is 78.1 Å². The van der Waals surface area contributed by atoms with Gasteiger partial charge in [-0.1, -0.05) is 44.4 Å². The first-order valence-corrected chi connectivity index (χ1v) is 17.0. The number of benzene rings is 2. The molecule has 0 fully saturated rings. The normalized spacial score (nSPS) is 13.5. The van der Waals surface area contributed by atoms with Crippen LogP contribution in [0.1, 0.15) is 60.3 Å². The van der Waals surface area contributed by atoms with E-state index in [4.69, 9.17) is 0 Å². The predicted octanol–water partition coefficient (Wildman–Crippen LogP) is 6.02. The van der Waals surface area contributed by atoms with Gasteiger partial charge in [0, 0.05) is 47.8 Å². The molecule has 0 amide bonds. The van der Waals surface area contributed by atoms with Crippen LogP contribution in [0.4, 0.5) is 16.5 Å². The number of aliphatic hydroxyl groups is 1. The van der Waals surface area contributed by atoms with Gasteiger partial charge in [-0.2, -0.15) is 0 Å². The number of aryl methyl sites for hydroxylation is 1. The summed E-state index contributed by atoms with van der Waals surface area (Å²) >= 11 is 1.45. The van der Waals surface area contributed by atoms with E-state index < -0.39 is 16.1 Å². The lowest BCUT2D eigenvalue weighted by Crippen LogP contribution is -2.26. The van der Waals surface area contributed by atoms with Gasteiger partial charge in [-0.3, -0.25) is 4.98 Å². The maximum absolute atomic E-state index is 14.2. The largest absolute Gasteiger partial charge is 0.387 e. The van der Waals surface area contributed by atoms with Gasteiger partial charge in [-0.25, -0.2) is 17.7 Å². The summed E-state index contributed by atoms with van der Waals surface area (Å²) in [6.45, 7) is 4.11. The molecule has 1 atom stereocenters. The molecule has 5 rings (SSSR count). The van der Waals surface area contributed by atoms with Gasteiger partial charge in [0.05, 0.1) is 16.7 Å². The number of pyridine rings is 1. The number of hydrogen-bond donors (Lipinski definition) is 3. The second-order valence-electron chi connectivity index (χ2n) is 10.6. The van der Waals surface area contributed by atoms with Gasteiger partial charge in [0.2, 0.25) is 5.13 Å². The number of unbranched alkanes of at least 4 members (excludes halogenated alkanes) is 3. The average molecular weight is 606 g/mol. The van der Waals surface area contributed by atoms with Crippen molar-refractivity contribution >= 4 is 37.9 Å². The maximum Gasteiger partial charge on any atom is 0.270 e. The summed E-state index contributed by atoms with van der Waals surface area (Å²) in [5, 5.41) is 17.4. The van der Waals surface area contributed by atoms with Crippen LogP contribution >= 0.6 is 11.3 Å². The molecule has 8 nitrogen and oxygen atoms in total. The van der Waals surface area contributed by atoms with Crippen LogP contribution in [0.3, 0.4) is 0 Å². The molecule has 0 radical (unpaired) electrons. The van der Waals surface area contributed by atoms with E-state index in [0.717, 1.165) is 65.9 Å². The van der Waals surface area contributed by atoms with Crippen molar-refractivity contribution in [2.24, 2.45) is 0 Å². The number of fused-ring (bicyclic) bond motifs is 1. The Morgan fingerprint density at radius 3 is 2.71 bits per heavy atom. The molecule has 42 heavy (non-hydrogen) atoms. The molecule has 0 spiro atoms. The monoisotopic (exact) mass is 605 g/mol. The van der Waals surface area contributed by atoms with Crippen molar-refractivity contribution in [3.8, 4) is 0 Å². The molecule has 2 aromatic carbocycles. The van der Waals surface area contributed by atoms with Gasteiger partial charge < -0.3 is 15.7 Å². The number of aliphatic hydroxyl groups excluding tert-OH is 1. The van der Waals surface area contributed by atoms with E-state index in [9.17, 15) is 13.5 Å². The second-order valence-corrected chi connectivity index (χ2v) is 13.5. The van der Waals surface area contributed by atoms with Crippen molar-refractivity contribution in [2.75, 3.05) is 29.3 Å². The summed E-state index contributed by atoms with van der Waals surface area (Å²) in [6, 6.07) is 16.6. The third kappa shape index (κ3) is 7.36. The van der Waals surface area contributed by atoms with Crippen molar-refractivity contribution in [3.63, 3.8) is 0 Å². The Morgan fingerprint density at radius 2 is 1.93 bits per heavy atom. The average Bonchev–Trinajstić information content (AvgIpc) is 3.68. The molecule has 1 aliphatic rings. The molecule has 0 bridgehead atoms. The van der Waals surface area contributed by atoms with Crippen LogP contribution in [-0.4, -0.2) is 43.1 Å². The lowest BCUT2D eigenvalue weighted by Gasteiger charge is -2.22. The molecule has 4 aromatic rings. The van der Waals surface area contributed by atoms with Gasteiger partial charge in [0.1, 0.15) is 0 Å². The Balaban J connectivity index is 1.32. The zero-order valence-electron chi connectivity index (χ0n) is 24.0. The zero-order chi connectivity index (χ0) is 29.4. The van der Waals surface area contributed by atoms with E-state index in [1.807, 2.05) is 48.7 Å². The number of thiazole rings is 1. The predicted molar refractivity (Wildman–Crippen MR) is 170 cm³/mol. The summed E-state index contributed by atoms with van der Waals surface area (Å²) in [5.41, 5.74) is 4.42. The van der Waals surface area contributed by atoms with Gasteiger partial charge in [-0.05, 0) is 79.8 Å². The summed E-state index contributed by atoms with van der Waals surface area (Å²) in [4.78, 5) is 10.0. The number of aromatic nitrogens is 2. The fourth-order valence-corrected chi connectivity index (χ4v) is 7.77. The van der Waals surface area contributed by atoms with Gasteiger partial charge >= 0.3 is 0 Å².